The molecule has 2 heterocycles. The third kappa shape index (κ3) is 3.95. The molecule has 2 aliphatic rings. The van der Waals surface area contributed by atoms with Gasteiger partial charge in [-0.3, -0.25) is 14.5 Å². The van der Waals surface area contributed by atoms with Gasteiger partial charge < -0.3 is 10.6 Å². The van der Waals surface area contributed by atoms with Crippen molar-refractivity contribution in [3.63, 3.8) is 0 Å². The van der Waals surface area contributed by atoms with Crippen LogP contribution in [0.2, 0.25) is 0 Å². The number of amides is 2. The van der Waals surface area contributed by atoms with E-state index in [9.17, 15) is 9.59 Å². The molecule has 2 N–H and O–H groups in total. The molecular formula is C24H26N4O2S. The van der Waals surface area contributed by atoms with Crippen molar-refractivity contribution in [2.24, 2.45) is 11.8 Å². The molecule has 1 saturated carbocycles. The van der Waals surface area contributed by atoms with E-state index in [1.54, 1.807) is 12.1 Å². The van der Waals surface area contributed by atoms with Gasteiger partial charge in [-0.25, -0.2) is 0 Å². The molecule has 0 radical (unpaired) electrons. The summed E-state index contributed by atoms with van der Waals surface area (Å²) in [5.74, 6) is 1.53. The van der Waals surface area contributed by atoms with Crippen LogP contribution in [-0.4, -0.2) is 47.3 Å². The van der Waals surface area contributed by atoms with Gasteiger partial charge in [0.25, 0.3) is 11.8 Å². The highest BCUT2D eigenvalue weighted by molar-refractivity contribution is 7.13. The van der Waals surface area contributed by atoms with Crippen molar-refractivity contribution >= 4 is 39.3 Å². The molecule has 0 saturated heterocycles. The van der Waals surface area contributed by atoms with Gasteiger partial charge in [-0.15, -0.1) is 0 Å². The van der Waals surface area contributed by atoms with Crippen LogP contribution >= 0.6 is 11.5 Å². The van der Waals surface area contributed by atoms with E-state index in [1.807, 2.05) is 24.3 Å². The summed E-state index contributed by atoms with van der Waals surface area (Å²) in [4.78, 5) is 26.8. The van der Waals surface area contributed by atoms with Crippen molar-refractivity contribution in [2.45, 2.75) is 19.3 Å². The van der Waals surface area contributed by atoms with Crippen LogP contribution in [0, 0.1) is 11.8 Å². The van der Waals surface area contributed by atoms with Gasteiger partial charge in [-0.1, -0.05) is 30.7 Å². The molecule has 1 aromatic heterocycles. The molecule has 31 heavy (non-hydrogen) atoms. The molecule has 0 bridgehead atoms. The van der Waals surface area contributed by atoms with Crippen molar-refractivity contribution in [1.82, 2.24) is 14.6 Å². The Morgan fingerprint density at radius 3 is 2.45 bits per heavy atom. The number of carbonyl (C=O) groups excluding carboxylic acids is 2. The summed E-state index contributed by atoms with van der Waals surface area (Å²) >= 11 is 1.52. The molecule has 160 valence electrons. The summed E-state index contributed by atoms with van der Waals surface area (Å²) in [6, 6.07) is 15.4. The third-order valence-corrected chi connectivity index (χ3v) is 7.32. The fraction of sp³-hybridized carbons (Fsp3) is 0.375. The SMILES string of the molecule is O=C1c2ccccc2C(=O)N1CC1CCCC1CNCCNc1nsc2ccccc12. The Balaban J connectivity index is 1.11. The quantitative estimate of drug-likeness (QED) is 0.414. The first-order valence-corrected chi connectivity index (χ1v) is 11.7. The second kappa shape index (κ2) is 8.77. The summed E-state index contributed by atoms with van der Waals surface area (Å²) < 4.78 is 5.70. The number of imide groups is 1. The van der Waals surface area contributed by atoms with Gasteiger partial charge in [0.2, 0.25) is 0 Å². The number of nitrogens with zero attached hydrogens (tertiary/aromatic N) is 2. The highest BCUT2D eigenvalue weighted by Gasteiger charge is 2.38. The van der Waals surface area contributed by atoms with Gasteiger partial charge in [-0.05, 0) is 67.0 Å². The minimum Gasteiger partial charge on any atom is -0.367 e. The predicted molar refractivity (Wildman–Crippen MR) is 124 cm³/mol. The molecular weight excluding hydrogens is 408 g/mol. The molecule has 1 aliphatic carbocycles. The number of nitrogens with one attached hydrogen (secondary N) is 2. The molecule has 2 amide bonds. The van der Waals surface area contributed by atoms with Crippen LogP contribution in [0.1, 0.15) is 40.0 Å². The minimum atomic E-state index is -0.140. The van der Waals surface area contributed by atoms with Gasteiger partial charge in [0.15, 0.2) is 0 Å². The van der Waals surface area contributed by atoms with Crippen LogP contribution in [0.25, 0.3) is 10.1 Å². The van der Waals surface area contributed by atoms with Crippen LogP contribution in [-0.2, 0) is 0 Å². The van der Waals surface area contributed by atoms with E-state index < -0.39 is 0 Å². The lowest BCUT2D eigenvalue weighted by Crippen LogP contribution is -2.38. The first-order valence-electron chi connectivity index (χ1n) is 11.0. The maximum absolute atomic E-state index is 12.7. The topological polar surface area (TPSA) is 74.3 Å². The number of carbonyl (C=O) groups is 2. The van der Waals surface area contributed by atoms with Crippen molar-refractivity contribution in [3.8, 4) is 0 Å². The molecule has 1 fully saturated rings. The van der Waals surface area contributed by atoms with Gasteiger partial charge in [0, 0.05) is 25.0 Å². The van der Waals surface area contributed by atoms with Crippen LogP contribution < -0.4 is 10.6 Å². The number of aromatic nitrogens is 1. The predicted octanol–water partition coefficient (Wildman–Crippen LogP) is 4.01. The van der Waals surface area contributed by atoms with E-state index in [0.717, 1.165) is 44.7 Å². The number of hydrogen-bond acceptors (Lipinski definition) is 6. The second-order valence-electron chi connectivity index (χ2n) is 8.38. The number of fused-ring (bicyclic) bond motifs is 2. The summed E-state index contributed by atoms with van der Waals surface area (Å²) in [5, 5.41) is 8.15. The molecule has 0 spiro atoms. The van der Waals surface area contributed by atoms with Gasteiger partial charge in [0.05, 0.1) is 15.8 Å². The van der Waals surface area contributed by atoms with Crippen molar-refractivity contribution < 1.29 is 9.59 Å². The average Bonchev–Trinajstić information content (AvgIpc) is 3.48. The highest BCUT2D eigenvalue weighted by atomic mass is 32.1. The lowest BCUT2D eigenvalue weighted by Gasteiger charge is -2.24. The van der Waals surface area contributed by atoms with E-state index in [2.05, 4.69) is 27.1 Å². The molecule has 7 heteroatoms. The van der Waals surface area contributed by atoms with Gasteiger partial charge >= 0.3 is 0 Å². The number of benzene rings is 2. The van der Waals surface area contributed by atoms with Crippen LogP contribution in [0.3, 0.4) is 0 Å². The summed E-state index contributed by atoms with van der Waals surface area (Å²) in [6.07, 6.45) is 3.37. The molecule has 1 aliphatic heterocycles. The van der Waals surface area contributed by atoms with E-state index >= 15 is 0 Å². The molecule has 2 aromatic carbocycles. The Bertz CT molecular complexity index is 1080. The maximum Gasteiger partial charge on any atom is 0.261 e. The third-order valence-electron chi connectivity index (χ3n) is 6.49. The zero-order valence-electron chi connectivity index (χ0n) is 17.3. The van der Waals surface area contributed by atoms with Crippen molar-refractivity contribution in [1.29, 1.82) is 0 Å². The maximum atomic E-state index is 12.7. The largest absolute Gasteiger partial charge is 0.367 e. The Labute approximate surface area is 185 Å². The van der Waals surface area contributed by atoms with Crippen molar-refractivity contribution in [2.75, 3.05) is 31.5 Å². The van der Waals surface area contributed by atoms with E-state index in [1.165, 1.54) is 26.5 Å². The lowest BCUT2D eigenvalue weighted by molar-refractivity contribution is 0.0617. The second-order valence-corrected chi connectivity index (χ2v) is 9.18. The van der Waals surface area contributed by atoms with Gasteiger partial charge in [-0.2, -0.15) is 4.37 Å². The van der Waals surface area contributed by atoms with Crippen molar-refractivity contribution in [3.05, 3.63) is 59.7 Å². The number of rotatable bonds is 8. The minimum absolute atomic E-state index is 0.140. The summed E-state index contributed by atoms with van der Waals surface area (Å²) in [7, 11) is 0. The van der Waals surface area contributed by atoms with Crippen LogP contribution in [0.5, 0.6) is 0 Å². The first kappa shape index (κ1) is 20.2. The lowest BCUT2D eigenvalue weighted by atomic mass is 9.95. The monoisotopic (exact) mass is 434 g/mol. The molecule has 2 atom stereocenters. The Morgan fingerprint density at radius 1 is 0.935 bits per heavy atom. The zero-order valence-corrected chi connectivity index (χ0v) is 18.2. The van der Waals surface area contributed by atoms with Crippen LogP contribution in [0.15, 0.2) is 48.5 Å². The number of anilines is 1. The fourth-order valence-electron chi connectivity index (χ4n) is 4.83. The summed E-state index contributed by atoms with van der Waals surface area (Å²) in [6.45, 7) is 3.10. The average molecular weight is 435 g/mol. The van der Waals surface area contributed by atoms with Gasteiger partial charge in [0.1, 0.15) is 5.82 Å². The van der Waals surface area contributed by atoms with E-state index in [-0.39, 0.29) is 11.8 Å². The Kier molecular flexibility index (Phi) is 5.70. The smallest absolute Gasteiger partial charge is 0.261 e. The summed E-state index contributed by atoms with van der Waals surface area (Å²) in [5.41, 5.74) is 1.08. The zero-order chi connectivity index (χ0) is 21.2. The Hall–Kier alpha value is -2.77. The first-order chi connectivity index (χ1) is 15.2. The fourth-order valence-corrected chi connectivity index (χ4v) is 5.59. The van der Waals surface area contributed by atoms with E-state index in [4.69, 9.17) is 0 Å². The molecule has 3 aromatic rings. The molecule has 6 nitrogen and oxygen atoms in total. The molecule has 2 unspecified atom stereocenters. The number of hydrogen-bond donors (Lipinski definition) is 2. The van der Waals surface area contributed by atoms with E-state index in [0.29, 0.717) is 29.5 Å². The molecule has 5 rings (SSSR count). The Morgan fingerprint density at radius 2 is 1.65 bits per heavy atom. The normalized spacial score (nSPS) is 20.6. The van der Waals surface area contributed by atoms with Crippen LogP contribution in [0.4, 0.5) is 5.82 Å². The standard InChI is InChI=1S/C24H26N4O2S/c29-23-18-8-1-2-9-19(18)24(30)28(23)15-17-7-5-6-16(17)14-25-12-13-26-22-20-10-3-4-11-21(20)31-27-22/h1-4,8-11,16-17,25H,5-7,12-15H2,(H,26,27). The highest BCUT2D eigenvalue weighted by Crippen LogP contribution is 2.34.